The molecule has 1 atom stereocenters. The lowest BCUT2D eigenvalue weighted by Gasteiger charge is -2.16. The van der Waals surface area contributed by atoms with Gasteiger partial charge < -0.3 is 5.32 Å². The maximum atomic E-state index is 4.45. The first-order valence-corrected chi connectivity index (χ1v) is 7.74. The van der Waals surface area contributed by atoms with Gasteiger partial charge in [-0.15, -0.1) is 0 Å². The van der Waals surface area contributed by atoms with Gasteiger partial charge in [0.1, 0.15) is 0 Å². The van der Waals surface area contributed by atoms with Crippen molar-refractivity contribution in [3.8, 4) is 0 Å². The Morgan fingerprint density at radius 3 is 2.56 bits per heavy atom. The number of rotatable bonds is 8. The second-order valence-electron chi connectivity index (χ2n) is 5.01. The first-order chi connectivity index (χ1) is 8.60. The first kappa shape index (κ1) is 15.7. The molecule has 0 bridgehead atoms. The van der Waals surface area contributed by atoms with Gasteiger partial charge in [0, 0.05) is 19.5 Å². The van der Waals surface area contributed by atoms with E-state index in [1.807, 2.05) is 18.7 Å². The Bertz CT molecular complexity index is 360. The summed E-state index contributed by atoms with van der Waals surface area (Å²) in [5, 5.41) is 7.88. The summed E-state index contributed by atoms with van der Waals surface area (Å²) < 4.78 is 3.16. The third kappa shape index (κ3) is 4.39. The minimum atomic E-state index is 0.549. The van der Waals surface area contributed by atoms with Crippen molar-refractivity contribution in [3.05, 3.63) is 15.9 Å². The number of aryl methyl sites for hydroxylation is 2. The lowest BCUT2D eigenvalue weighted by Crippen LogP contribution is -2.28. The maximum absolute atomic E-state index is 4.45. The lowest BCUT2D eigenvalue weighted by molar-refractivity contribution is 0.473. The zero-order valence-corrected chi connectivity index (χ0v) is 13.7. The number of halogens is 1. The molecule has 0 aliphatic rings. The highest BCUT2D eigenvalue weighted by Crippen LogP contribution is 2.22. The Kier molecular flexibility index (Phi) is 6.94. The predicted octanol–water partition coefficient (Wildman–Crippen LogP) is 3.59. The van der Waals surface area contributed by atoms with Crippen molar-refractivity contribution in [3.63, 3.8) is 0 Å². The first-order valence-electron chi connectivity index (χ1n) is 6.95. The van der Waals surface area contributed by atoms with Crippen LogP contribution in [0.25, 0.3) is 0 Å². The molecule has 0 spiro atoms. The molecule has 1 aromatic rings. The van der Waals surface area contributed by atoms with Crippen LogP contribution in [0, 0.1) is 6.92 Å². The van der Waals surface area contributed by atoms with Gasteiger partial charge in [-0.25, -0.2) is 0 Å². The Balaban J connectivity index is 2.51. The van der Waals surface area contributed by atoms with Gasteiger partial charge in [0.2, 0.25) is 0 Å². The van der Waals surface area contributed by atoms with Crippen LogP contribution in [0.1, 0.15) is 50.4 Å². The quantitative estimate of drug-likeness (QED) is 0.743. The molecular formula is C14H26BrN3. The van der Waals surface area contributed by atoms with Crippen LogP contribution in [0.5, 0.6) is 0 Å². The van der Waals surface area contributed by atoms with Crippen LogP contribution in [0.3, 0.4) is 0 Å². The van der Waals surface area contributed by atoms with Crippen LogP contribution in [0.2, 0.25) is 0 Å². The number of hydrogen-bond acceptors (Lipinski definition) is 2. The van der Waals surface area contributed by atoms with E-state index in [2.05, 4.69) is 40.3 Å². The van der Waals surface area contributed by atoms with Crippen LogP contribution < -0.4 is 5.32 Å². The minimum absolute atomic E-state index is 0.549. The molecule has 0 aliphatic carbocycles. The Morgan fingerprint density at radius 2 is 2.06 bits per heavy atom. The zero-order chi connectivity index (χ0) is 13.5. The Morgan fingerprint density at radius 1 is 1.33 bits per heavy atom. The Hall–Kier alpha value is -0.350. The maximum Gasteiger partial charge on any atom is 0.0738 e. The van der Waals surface area contributed by atoms with Crippen molar-refractivity contribution in [1.82, 2.24) is 15.1 Å². The highest BCUT2D eigenvalue weighted by atomic mass is 79.9. The van der Waals surface area contributed by atoms with Gasteiger partial charge in [-0.2, -0.15) is 5.10 Å². The SMILES string of the molecule is CCCCCCC(Cc1c(Br)c(C)nn1C)NC. The smallest absolute Gasteiger partial charge is 0.0738 e. The second-order valence-corrected chi connectivity index (χ2v) is 5.80. The monoisotopic (exact) mass is 315 g/mol. The van der Waals surface area contributed by atoms with Gasteiger partial charge in [0.05, 0.1) is 15.9 Å². The van der Waals surface area contributed by atoms with E-state index in [-0.39, 0.29) is 0 Å². The van der Waals surface area contributed by atoms with Crippen molar-refractivity contribution < 1.29 is 0 Å². The van der Waals surface area contributed by atoms with E-state index in [0.29, 0.717) is 6.04 Å². The fourth-order valence-corrected chi connectivity index (χ4v) is 2.80. The highest BCUT2D eigenvalue weighted by Gasteiger charge is 2.15. The average Bonchev–Trinajstić information content (AvgIpc) is 2.59. The molecule has 4 heteroatoms. The average molecular weight is 316 g/mol. The molecular weight excluding hydrogens is 290 g/mol. The van der Waals surface area contributed by atoms with E-state index < -0.39 is 0 Å². The van der Waals surface area contributed by atoms with Crippen molar-refractivity contribution in [2.24, 2.45) is 7.05 Å². The second kappa shape index (κ2) is 7.95. The topological polar surface area (TPSA) is 29.9 Å². The summed E-state index contributed by atoms with van der Waals surface area (Å²) in [6, 6.07) is 0.549. The number of hydrogen-bond donors (Lipinski definition) is 1. The van der Waals surface area contributed by atoms with Crippen molar-refractivity contribution in [2.45, 2.75) is 58.4 Å². The minimum Gasteiger partial charge on any atom is -0.317 e. The molecule has 1 aromatic heterocycles. The summed E-state index contributed by atoms with van der Waals surface area (Å²) in [7, 11) is 4.08. The normalized spacial score (nSPS) is 12.9. The number of aromatic nitrogens is 2. The summed E-state index contributed by atoms with van der Waals surface area (Å²) in [6.07, 6.45) is 7.60. The molecule has 0 aromatic carbocycles. The lowest BCUT2D eigenvalue weighted by atomic mass is 10.0. The summed E-state index contributed by atoms with van der Waals surface area (Å²) in [5.41, 5.74) is 2.37. The fourth-order valence-electron chi connectivity index (χ4n) is 2.30. The van der Waals surface area contributed by atoms with Crippen LogP contribution in [-0.4, -0.2) is 22.9 Å². The molecule has 0 radical (unpaired) electrons. The summed E-state index contributed by atoms with van der Waals surface area (Å²) in [6.45, 7) is 4.30. The van der Waals surface area contributed by atoms with Gasteiger partial charge >= 0.3 is 0 Å². The number of nitrogens with zero attached hydrogens (tertiary/aromatic N) is 2. The van der Waals surface area contributed by atoms with E-state index in [9.17, 15) is 0 Å². The van der Waals surface area contributed by atoms with Gasteiger partial charge in [0.15, 0.2) is 0 Å². The third-order valence-corrected chi connectivity index (χ3v) is 4.55. The molecule has 0 amide bonds. The van der Waals surface area contributed by atoms with Crippen LogP contribution in [-0.2, 0) is 13.5 Å². The van der Waals surface area contributed by atoms with E-state index in [0.717, 1.165) is 12.1 Å². The molecule has 0 fully saturated rings. The number of unbranched alkanes of at least 4 members (excludes halogenated alkanes) is 3. The van der Waals surface area contributed by atoms with Crippen LogP contribution in [0.4, 0.5) is 0 Å². The summed E-state index contributed by atoms with van der Waals surface area (Å²) >= 11 is 3.64. The molecule has 3 nitrogen and oxygen atoms in total. The van der Waals surface area contributed by atoms with E-state index in [4.69, 9.17) is 0 Å². The van der Waals surface area contributed by atoms with Gasteiger partial charge in [-0.3, -0.25) is 4.68 Å². The molecule has 0 aliphatic heterocycles. The molecule has 18 heavy (non-hydrogen) atoms. The predicted molar refractivity (Wildman–Crippen MR) is 81.0 cm³/mol. The fraction of sp³-hybridized carbons (Fsp3) is 0.786. The van der Waals surface area contributed by atoms with E-state index in [1.54, 1.807) is 0 Å². The highest BCUT2D eigenvalue weighted by molar-refractivity contribution is 9.10. The van der Waals surface area contributed by atoms with Crippen LogP contribution >= 0.6 is 15.9 Å². The largest absolute Gasteiger partial charge is 0.317 e. The molecule has 1 N–H and O–H groups in total. The number of likely N-dealkylation sites (N-methyl/N-ethyl adjacent to an activating group) is 1. The zero-order valence-electron chi connectivity index (χ0n) is 12.1. The summed E-state index contributed by atoms with van der Waals surface area (Å²) in [5.74, 6) is 0. The van der Waals surface area contributed by atoms with E-state index in [1.165, 1.54) is 42.3 Å². The van der Waals surface area contributed by atoms with Gasteiger partial charge in [-0.1, -0.05) is 32.6 Å². The number of nitrogens with one attached hydrogen (secondary N) is 1. The molecule has 1 unspecified atom stereocenters. The third-order valence-electron chi connectivity index (χ3n) is 3.52. The van der Waals surface area contributed by atoms with Crippen molar-refractivity contribution >= 4 is 15.9 Å². The van der Waals surface area contributed by atoms with Gasteiger partial charge in [-0.05, 0) is 36.3 Å². The molecule has 104 valence electrons. The van der Waals surface area contributed by atoms with Crippen molar-refractivity contribution in [2.75, 3.05) is 7.05 Å². The summed E-state index contributed by atoms with van der Waals surface area (Å²) in [4.78, 5) is 0. The molecule has 0 saturated heterocycles. The molecule has 1 heterocycles. The van der Waals surface area contributed by atoms with Crippen molar-refractivity contribution in [1.29, 1.82) is 0 Å². The van der Waals surface area contributed by atoms with E-state index >= 15 is 0 Å². The molecule has 0 saturated carbocycles. The van der Waals surface area contributed by atoms with Gasteiger partial charge in [0.25, 0.3) is 0 Å². The Labute approximate surface area is 119 Å². The standard InChI is InChI=1S/C14H26BrN3/c1-5-6-7-8-9-12(16-3)10-13-14(15)11(2)17-18(13)4/h12,16H,5-10H2,1-4H3. The van der Waals surface area contributed by atoms with Crippen LogP contribution in [0.15, 0.2) is 4.47 Å². The molecule has 1 rings (SSSR count).